The molecule has 0 spiro atoms. The maximum absolute atomic E-state index is 13.2. The lowest BCUT2D eigenvalue weighted by Gasteiger charge is -2.20. The predicted molar refractivity (Wildman–Crippen MR) is 74.7 cm³/mol. The number of nitrogens with zero attached hydrogens (tertiary/aromatic N) is 1. The van der Waals surface area contributed by atoms with E-state index in [9.17, 15) is 18.0 Å². The Labute approximate surface area is 122 Å². The molecule has 0 saturated carbocycles. The first kappa shape index (κ1) is 15.9. The largest absolute Gasteiger partial charge is 0.427 e. The van der Waals surface area contributed by atoms with E-state index in [2.05, 4.69) is 0 Å². The molecule has 0 atom stereocenters. The summed E-state index contributed by atoms with van der Waals surface area (Å²) in [5.41, 5.74) is -0.0118. The van der Waals surface area contributed by atoms with Crippen LogP contribution in [0.2, 0.25) is 6.82 Å². The van der Waals surface area contributed by atoms with Gasteiger partial charge in [-0.05, 0) is 23.5 Å². The van der Waals surface area contributed by atoms with E-state index in [-0.39, 0.29) is 19.1 Å². The monoisotopic (exact) mass is 299 g/mol. The summed E-state index contributed by atoms with van der Waals surface area (Å²) in [6.45, 7) is 3.92. The van der Waals surface area contributed by atoms with Crippen LogP contribution in [0.15, 0.2) is 12.1 Å². The zero-order valence-corrected chi connectivity index (χ0v) is 12.3. The van der Waals surface area contributed by atoms with Gasteiger partial charge in [0.1, 0.15) is 0 Å². The number of benzene rings is 1. The summed E-state index contributed by atoms with van der Waals surface area (Å²) in [6, 6.07) is 2.39. The van der Waals surface area contributed by atoms with Gasteiger partial charge in [-0.1, -0.05) is 19.8 Å². The number of hydrogen-bond donors (Lipinski definition) is 0. The lowest BCUT2D eigenvalue weighted by molar-refractivity contribution is -0.138. The molecule has 0 saturated heterocycles. The van der Waals surface area contributed by atoms with Crippen LogP contribution in [0.4, 0.5) is 13.2 Å². The third-order valence-corrected chi connectivity index (χ3v) is 3.65. The van der Waals surface area contributed by atoms with E-state index in [4.69, 9.17) is 4.65 Å². The molecule has 0 bridgehead atoms. The Morgan fingerprint density at radius 1 is 1.43 bits per heavy atom. The SMILES string of the molecule is CCCN(C)C(=O)c1cc2c(cc1C(F)(F)F)COB2C. The van der Waals surface area contributed by atoms with Gasteiger partial charge in [-0.15, -0.1) is 0 Å². The van der Waals surface area contributed by atoms with Crippen LogP contribution in [0, 0.1) is 0 Å². The summed E-state index contributed by atoms with van der Waals surface area (Å²) in [5, 5.41) is 0. The van der Waals surface area contributed by atoms with Crippen molar-refractivity contribution in [3.8, 4) is 0 Å². The molecule has 1 aliphatic heterocycles. The molecule has 0 N–H and O–H groups in total. The van der Waals surface area contributed by atoms with Crippen LogP contribution in [0.5, 0.6) is 0 Å². The minimum absolute atomic E-state index is 0.152. The van der Waals surface area contributed by atoms with Crippen LogP contribution in [0.1, 0.15) is 34.8 Å². The highest BCUT2D eigenvalue weighted by atomic mass is 19.4. The van der Waals surface area contributed by atoms with Crippen LogP contribution in [-0.4, -0.2) is 31.3 Å². The molecular weight excluding hydrogens is 282 g/mol. The first-order valence-electron chi connectivity index (χ1n) is 6.86. The molecule has 1 aromatic carbocycles. The van der Waals surface area contributed by atoms with Crippen molar-refractivity contribution in [3.05, 3.63) is 28.8 Å². The second kappa shape index (κ2) is 5.71. The Balaban J connectivity index is 2.52. The highest BCUT2D eigenvalue weighted by molar-refractivity contribution is 6.67. The van der Waals surface area contributed by atoms with E-state index < -0.39 is 17.6 Å². The van der Waals surface area contributed by atoms with Crippen molar-refractivity contribution in [2.45, 2.75) is 33.0 Å². The zero-order valence-electron chi connectivity index (χ0n) is 12.3. The Bertz CT molecular complexity index is 560. The minimum atomic E-state index is -4.56. The fourth-order valence-corrected chi connectivity index (χ4v) is 2.52. The second-order valence-corrected chi connectivity index (χ2v) is 5.27. The third-order valence-electron chi connectivity index (χ3n) is 3.65. The van der Waals surface area contributed by atoms with Gasteiger partial charge in [0.15, 0.2) is 0 Å². The van der Waals surface area contributed by atoms with E-state index >= 15 is 0 Å². The summed E-state index contributed by atoms with van der Waals surface area (Å²) in [7, 11) is 1.51. The quantitative estimate of drug-likeness (QED) is 0.803. The smallest absolute Gasteiger partial charge is 0.417 e. The molecule has 2 rings (SSSR count). The molecule has 1 amide bonds. The van der Waals surface area contributed by atoms with E-state index in [0.29, 0.717) is 24.0 Å². The summed E-state index contributed by atoms with van der Waals surface area (Å²) in [5.74, 6) is -0.605. The molecule has 0 unspecified atom stereocenters. The van der Waals surface area contributed by atoms with E-state index in [1.165, 1.54) is 18.0 Å². The maximum Gasteiger partial charge on any atom is 0.417 e. The van der Waals surface area contributed by atoms with E-state index in [1.807, 2.05) is 6.92 Å². The lowest BCUT2D eigenvalue weighted by atomic mass is 9.63. The Morgan fingerprint density at radius 2 is 2.10 bits per heavy atom. The normalized spacial score (nSPS) is 14.3. The fraction of sp³-hybridized carbons (Fsp3) is 0.500. The van der Waals surface area contributed by atoms with Gasteiger partial charge in [0.05, 0.1) is 17.7 Å². The average Bonchev–Trinajstić information content (AvgIpc) is 2.77. The molecule has 3 nitrogen and oxygen atoms in total. The standard InChI is InChI=1S/C14H17BF3NO2/c1-4-5-19(3)13(20)10-7-12-9(8-21-15(12)2)6-11(10)14(16,17)18/h6-7H,4-5,8H2,1-3H3. The number of hydrogen-bond acceptors (Lipinski definition) is 2. The van der Waals surface area contributed by atoms with Crippen LogP contribution in [0.3, 0.4) is 0 Å². The van der Waals surface area contributed by atoms with Gasteiger partial charge >= 0.3 is 13.1 Å². The van der Waals surface area contributed by atoms with Crippen molar-refractivity contribution in [3.63, 3.8) is 0 Å². The van der Waals surface area contributed by atoms with Crippen molar-refractivity contribution < 1.29 is 22.6 Å². The topological polar surface area (TPSA) is 29.5 Å². The maximum atomic E-state index is 13.2. The van der Waals surface area contributed by atoms with Gasteiger partial charge in [0.25, 0.3) is 5.91 Å². The molecule has 0 fully saturated rings. The summed E-state index contributed by atoms with van der Waals surface area (Å²) in [6.07, 6.45) is -3.87. The molecular formula is C14H17BF3NO2. The van der Waals surface area contributed by atoms with Crippen molar-refractivity contribution in [1.29, 1.82) is 0 Å². The van der Waals surface area contributed by atoms with E-state index in [1.54, 1.807) is 6.82 Å². The van der Waals surface area contributed by atoms with Crippen molar-refractivity contribution in [2.24, 2.45) is 0 Å². The van der Waals surface area contributed by atoms with Gasteiger partial charge in [-0.25, -0.2) is 0 Å². The first-order chi connectivity index (χ1) is 9.75. The predicted octanol–water partition coefficient (Wildman–Crippen LogP) is 2.55. The molecule has 1 aromatic rings. The number of amides is 1. The van der Waals surface area contributed by atoms with Crippen molar-refractivity contribution in [1.82, 2.24) is 4.90 Å². The molecule has 1 aliphatic rings. The van der Waals surface area contributed by atoms with Gasteiger partial charge < -0.3 is 9.55 Å². The molecule has 114 valence electrons. The molecule has 0 radical (unpaired) electrons. The van der Waals surface area contributed by atoms with Gasteiger partial charge in [-0.3, -0.25) is 4.79 Å². The number of fused-ring (bicyclic) bond motifs is 1. The number of carbonyl (C=O) groups excluding carboxylic acids is 1. The minimum Gasteiger partial charge on any atom is -0.427 e. The van der Waals surface area contributed by atoms with Crippen LogP contribution < -0.4 is 5.46 Å². The number of rotatable bonds is 3. The highest BCUT2D eigenvalue weighted by Crippen LogP contribution is 2.34. The van der Waals surface area contributed by atoms with Crippen molar-refractivity contribution >= 4 is 18.3 Å². The molecule has 1 heterocycles. The first-order valence-corrected chi connectivity index (χ1v) is 6.86. The lowest BCUT2D eigenvalue weighted by Crippen LogP contribution is -2.33. The van der Waals surface area contributed by atoms with Crippen LogP contribution in [0.25, 0.3) is 0 Å². The zero-order chi connectivity index (χ0) is 15.8. The fourth-order valence-electron chi connectivity index (χ4n) is 2.52. The Kier molecular flexibility index (Phi) is 4.32. The summed E-state index contributed by atoms with van der Waals surface area (Å²) in [4.78, 5) is 13.6. The van der Waals surface area contributed by atoms with Gasteiger partial charge in [-0.2, -0.15) is 13.2 Å². The second-order valence-electron chi connectivity index (χ2n) is 5.27. The van der Waals surface area contributed by atoms with Gasteiger partial charge in [0.2, 0.25) is 0 Å². The molecule has 0 aromatic heterocycles. The van der Waals surface area contributed by atoms with Crippen LogP contribution >= 0.6 is 0 Å². The number of halogens is 3. The number of carbonyl (C=O) groups is 1. The Hall–Kier alpha value is -1.50. The Morgan fingerprint density at radius 3 is 2.67 bits per heavy atom. The van der Waals surface area contributed by atoms with E-state index in [0.717, 1.165) is 6.07 Å². The molecule has 21 heavy (non-hydrogen) atoms. The van der Waals surface area contributed by atoms with Crippen LogP contribution in [-0.2, 0) is 17.4 Å². The molecule has 7 heteroatoms. The van der Waals surface area contributed by atoms with Crippen molar-refractivity contribution in [2.75, 3.05) is 13.6 Å². The number of alkyl halides is 3. The molecule has 0 aliphatic carbocycles. The average molecular weight is 299 g/mol. The highest BCUT2D eigenvalue weighted by Gasteiger charge is 2.38. The summed E-state index contributed by atoms with van der Waals surface area (Å²) < 4.78 is 45.0. The van der Waals surface area contributed by atoms with Gasteiger partial charge in [0, 0.05) is 13.6 Å². The third kappa shape index (κ3) is 3.07. The summed E-state index contributed by atoms with van der Waals surface area (Å²) >= 11 is 0.